The molecule has 0 unspecified atom stereocenters. The quantitative estimate of drug-likeness (QED) is 0.628. The predicted molar refractivity (Wildman–Crippen MR) is 64.1 cm³/mol. The lowest BCUT2D eigenvalue weighted by Gasteiger charge is -2.18. The molecule has 0 atom stereocenters. The zero-order valence-electron chi connectivity index (χ0n) is 8.76. The van der Waals surface area contributed by atoms with Gasteiger partial charge in [0.15, 0.2) is 0 Å². The number of halogens is 1. The summed E-state index contributed by atoms with van der Waals surface area (Å²) < 4.78 is 5.56. The Morgan fingerprint density at radius 3 is 3.20 bits per heavy atom. The number of benzene rings is 1. The van der Waals surface area contributed by atoms with E-state index in [1.165, 1.54) is 11.3 Å². The normalized spacial score (nSPS) is 14.2. The molecule has 82 valence electrons. The van der Waals surface area contributed by atoms with Crippen LogP contribution in [0.4, 0.5) is 5.69 Å². The lowest BCUT2D eigenvalue weighted by Crippen LogP contribution is -2.09. The minimum atomic E-state index is 0.709. The van der Waals surface area contributed by atoms with Crippen molar-refractivity contribution >= 4 is 17.3 Å². The lowest BCUT2D eigenvalue weighted by atomic mass is 10.1. The van der Waals surface area contributed by atoms with Gasteiger partial charge in [0.05, 0.1) is 6.61 Å². The molecule has 15 heavy (non-hydrogen) atoms. The summed E-state index contributed by atoms with van der Waals surface area (Å²) >= 11 is 5.62. The Hall–Kier alpha value is -0.890. The maximum Gasteiger partial charge on any atom is 0.122 e. The Morgan fingerprint density at radius 1 is 1.40 bits per heavy atom. The molecule has 2 rings (SSSR count). The van der Waals surface area contributed by atoms with E-state index in [2.05, 4.69) is 23.5 Å². The average Bonchev–Trinajstić information content (AvgIpc) is 2.29. The maximum atomic E-state index is 5.62. The van der Waals surface area contributed by atoms with Crippen LogP contribution >= 0.6 is 11.6 Å². The van der Waals surface area contributed by atoms with Crippen LogP contribution < -0.4 is 10.1 Å². The molecule has 0 fully saturated rings. The molecule has 3 heteroatoms. The summed E-state index contributed by atoms with van der Waals surface area (Å²) in [5.74, 6) is 1.75. The number of alkyl halides is 1. The smallest absolute Gasteiger partial charge is 0.122 e. The van der Waals surface area contributed by atoms with Gasteiger partial charge in [-0.25, -0.2) is 0 Å². The first-order chi connectivity index (χ1) is 7.40. The van der Waals surface area contributed by atoms with E-state index in [1.807, 2.05) is 0 Å². The number of ether oxygens (including phenoxy) is 1. The monoisotopic (exact) mass is 225 g/mol. The fourth-order valence-corrected chi connectivity index (χ4v) is 1.90. The van der Waals surface area contributed by atoms with Gasteiger partial charge >= 0.3 is 0 Å². The van der Waals surface area contributed by atoms with Crippen LogP contribution in [0.15, 0.2) is 18.2 Å². The number of hydrogen-bond donors (Lipinski definition) is 1. The Kier molecular flexibility index (Phi) is 3.73. The molecule has 2 nitrogen and oxygen atoms in total. The first kappa shape index (κ1) is 10.6. The van der Waals surface area contributed by atoms with Gasteiger partial charge in [0.25, 0.3) is 0 Å². The molecule has 1 aromatic carbocycles. The molecule has 0 saturated heterocycles. The van der Waals surface area contributed by atoms with E-state index in [9.17, 15) is 0 Å². The molecule has 1 aliphatic heterocycles. The van der Waals surface area contributed by atoms with Crippen molar-refractivity contribution in [3.63, 3.8) is 0 Å². The minimum absolute atomic E-state index is 0.709. The van der Waals surface area contributed by atoms with Gasteiger partial charge in [0.2, 0.25) is 0 Å². The van der Waals surface area contributed by atoms with E-state index in [1.54, 1.807) is 0 Å². The van der Waals surface area contributed by atoms with Crippen molar-refractivity contribution in [1.82, 2.24) is 0 Å². The topological polar surface area (TPSA) is 21.3 Å². The molecule has 1 heterocycles. The first-order valence-corrected chi connectivity index (χ1v) is 5.99. The van der Waals surface area contributed by atoms with E-state index >= 15 is 0 Å². The van der Waals surface area contributed by atoms with Crippen molar-refractivity contribution in [3.05, 3.63) is 23.8 Å². The van der Waals surface area contributed by atoms with Gasteiger partial charge in [-0.05, 0) is 43.0 Å². The van der Waals surface area contributed by atoms with Gasteiger partial charge in [0, 0.05) is 18.1 Å². The summed E-state index contributed by atoms with van der Waals surface area (Å²) in [6, 6.07) is 6.30. The van der Waals surface area contributed by atoms with Crippen molar-refractivity contribution in [2.45, 2.75) is 19.3 Å². The molecule has 0 radical (unpaired) electrons. The SMILES string of the molecule is ClCCCNc1ccc2c(c1)CCCO2. The average molecular weight is 226 g/mol. The number of fused-ring (bicyclic) bond motifs is 1. The van der Waals surface area contributed by atoms with Gasteiger partial charge in [0.1, 0.15) is 5.75 Å². The number of hydrogen-bond acceptors (Lipinski definition) is 2. The first-order valence-electron chi connectivity index (χ1n) is 5.46. The van der Waals surface area contributed by atoms with Crippen molar-refractivity contribution in [2.75, 3.05) is 24.3 Å². The molecular formula is C12H16ClNO. The van der Waals surface area contributed by atoms with Crippen molar-refractivity contribution in [3.8, 4) is 5.75 Å². The lowest BCUT2D eigenvalue weighted by molar-refractivity contribution is 0.288. The zero-order chi connectivity index (χ0) is 10.5. The molecule has 0 spiro atoms. The molecule has 1 aliphatic rings. The van der Waals surface area contributed by atoms with Crippen LogP contribution in [0, 0.1) is 0 Å². The van der Waals surface area contributed by atoms with Gasteiger partial charge < -0.3 is 10.1 Å². The summed E-state index contributed by atoms with van der Waals surface area (Å²) in [6.45, 7) is 1.79. The van der Waals surface area contributed by atoms with E-state index in [-0.39, 0.29) is 0 Å². The summed E-state index contributed by atoms with van der Waals surface area (Å²) in [4.78, 5) is 0. The summed E-state index contributed by atoms with van der Waals surface area (Å²) in [5, 5.41) is 3.36. The maximum absolute atomic E-state index is 5.62. The van der Waals surface area contributed by atoms with Gasteiger partial charge in [-0.3, -0.25) is 0 Å². The summed E-state index contributed by atoms with van der Waals surface area (Å²) in [7, 11) is 0. The summed E-state index contributed by atoms with van der Waals surface area (Å²) in [5.41, 5.74) is 2.49. The zero-order valence-corrected chi connectivity index (χ0v) is 9.52. The fourth-order valence-electron chi connectivity index (χ4n) is 1.77. The molecule has 0 saturated carbocycles. The van der Waals surface area contributed by atoms with Gasteiger partial charge in [-0.15, -0.1) is 11.6 Å². The predicted octanol–water partition coefficient (Wildman–Crippen LogP) is 3.05. The van der Waals surface area contributed by atoms with E-state index in [0.717, 1.165) is 38.2 Å². The van der Waals surface area contributed by atoms with Crippen molar-refractivity contribution in [1.29, 1.82) is 0 Å². The molecule has 0 aromatic heterocycles. The second-order valence-electron chi connectivity index (χ2n) is 3.74. The highest BCUT2D eigenvalue weighted by Gasteiger charge is 2.09. The van der Waals surface area contributed by atoms with Crippen molar-refractivity contribution in [2.24, 2.45) is 0 Å². The van der Waals surface area contributed by atoms with E-state index in [4.69, 9.17) is 16.3 Å². The highest BCUT2D eigenvalue weighted by Crippen LogP contribution is 2.27. The molecule has 1 N–H and O–H groups in total. The highest BCUT2D eigenvalue weighted by atomic mass is 35.5. The third-order valence-electron chi connectivity index (χ3n) is 2.55. The van der Waals surface area contributed by atoms with Crippen LogP contribution in [0.5, 0.6) is 5.75 Å². The number of rotatable bonds is 4. The highest BCUT2D eigenvalue weighted by molar-refractivity contribution is 6.17. The molecule has 0 aliphatic carbocycles. The van der Waals surface area contributed by atoms with Gasteiger partial charge in [-0.2, -0.15) is 0 Å². The largest absolute Gasteiger partial charge is 0.493 e. The van der Waals surface area contributed by atoms with Crippen LogP contribution in [0.1, 0.15) is 18.4 Å². The number of aryl methyl sites for hydroxylation is 1. The Labute approximate surface area is 95.6 Å². The van der Waals surface area contributed by atoms with Crippen LogP contribution in [-0.4, -0.2) is 19.0 Å². The second-order valence-corrected chi connectivity index (χ2v) is 4.12. The second kappa shape index (κ2) is 5.26. The standard InChI is InChI=1S/C12H16ClNO/c13-6-2-7-14-11-4-5-12-10(9-11)3-1-8-15-12/h4-5,9,14H,1-3,6-8H2. The Bertz CT molecular complexity index is 327. The number of anilines is 1. The Morgan fingerprint density at radius 2 is 2.33 bits per heavy atom. The third-order valence-corrected chi connectivity index (χ3v) is 2.82. The van der Waals surface area contributed by atoms with Crippen LogP contribution in [0.25, 0.3) is 0 Å². The Balaban J connectivity index is 2.00. The summed E-state index contributed by atoms with van der Waals surface area (Å²) in [6.07, 6.45) is 3.24. The van der Waals surface area contributed by atoms with E-state index < -0.39 is 0 Å². The molecular weight excluding hydrogens is 210 g/mol. The van der Waals surface area contributed by atoms with E-state index in [0.29, 0.717) is 5.88 Å². The molecule has 1 aromatic rings. The number of nitrogens with one attached hydrogen (secondary N) is 1. The third kappa shape index (κ3) is 2.78. The van der Waals surface area contributed by atoms with Gasteiger partial charge in [-0.1, -0.05) is 0 Å². The fraction of sp³-hybridized carbons (Fsp3) is 0.500. The molecule has 0 bridgehead atoms. The molecule has 0 amide bonds. The van der Waals surface area contributed by atoms with Crippen LogP contribution in [-0.2, 0) is 6.42 Å². The van der Waals surface area contributed by atoms with Crippen LogP contribution in [0.2, 0.25) is 0 Å². The van der Waals surface area contributed by atoms with Crippen LogP contribution in [0.3, 0.4) is 0 Å². The minimum Gasteiger partial charge on any atom is -0.493 e. The van der Waals surface area contributed by atoms with Crippen molar-refractivity contribution < 1.29 is 4.74 Å².